The normalized spacial score (nSPS) is 12.7. The van der Waals surface area contributed by atoms with Crippen molar-refractivity contribution < 1.29 is 4.42 Å². The van der Waals surface area contributed by atoms with Crippen LogP contribution in [0.1, 0.15) is 19.1 Å². The first kappa shape index (κ1) is 12.5. The summed E-state index contributed by atoms with van der Waals surface area (Å²) >= 11 is 0. The topological polar surface area (TPSA) is 81.4 Å². The van der Waals surface area contributed by atoms with Gasteiger partial charge < -0.3 is 19.9 Å². The summed E-state index contributed by atoms with van der Waals surface area (Å²) in [4.78, 5) is 8.61. The Balaban J connectivity index is 1.70. The maximum atomic E-state index is 5.80. The standard InChI is InChI=1S/C14H17N5O/c1-10(4-5-11-3-2-8-20-11)17-13-14-16-6-7-19(14)9-12(15)18-13/h2-3,6-10H,4-5,15H2,1H3,(H,17,18). The van der Waals surface area contributed by atoms with Crippen LogP contribution in [0.5, 0.6) is 0 Å². The zero-order valence-corrected chi connectivity index (χ0v) is 11.3. The summed E-state index contributed by atoms with van der Waals surface area (Å²) < 4.78 is 7.20. The van der Waals surface area contributed by atoms with E-state index < -0.39 is 0 Å². The Morgan fingerprint density at radius 1 is 1.50 bits per heavy atom. The Kier molecular flexibility index (Phi) is 3.28. The molecule has 0 saturated carbocycles. The van der Waals surface area contributed by atoms with Crippen molar-refractivity contribution in [3.8, 4) is 0 Å². The van der Waals surface area contributed by atoms with Crippen LogP contribution in [0.25, 0.3) is 5.65 Å². The fraction of sp³-hybridized carbons (Fsp3) is 0.286. The van der Waals surface area contributed by atoms with Gasteiger partial charge in [0.15, 0.2) is 11.5 Å². The Morgan fingerprint density at radius 3 is 3.20 bits per heavy atom. The van der Waals surface area contributed by atoms with Gasteiger partial charge in [-0.3, -0.25) is 0 Å². The van der Waals surface area contributed by atoms with Crippen molar-refractivity contribution in [3.05, 3.63) is 42.7 Å². The van der Waals surface area contributed by atoms with Crippen LogP contribution in [0.4, 0.5) is 11.6 Å². The Bertz CT molecular complexity index is 689. The van der Waals surface area contributed by atoms with Gasteiger partial charge in [0.2, 0.25) is 0 Å². The summed E-state index contributed by atoms with van der Waals surface area (Å²) in [6.45, 7) is 2.10. The summed E-state index contributed by atoms with van der Waals surface area (Å²) in [5.41, 5.74) is 6.58. The highest BCUT2D eigenvalue weighted by atomic mass is 16.3. The number of aryl methyl sites for hydroxylation is 1. The second-order valence-electron chi connectivity index (χ2n) is 4.84. The van der Waals surface area contributed by atoms with Crippen molar-refractivity contribution >= 4 is 17.3 Å². The molecule has 0 bridgehead atoms. The number of nitrogens with one attached hydrogen (secondary N) is 1. The van der Waals surface area contributed by atoms with Crippen LogP contribution >= 0.6 is 0 Å². The van der Waals surface area contributed by atoms with E-state index in [2.05, 4.69) is 22.2 Å². The number of anilines is 2. The molecule has 3 N–H and O–H groups in total. The SMILES string of the molecule is CC(CCc1ccco1)Nc1nc(N)cn2ccnc12. The maximum absolute atomic E-state index is 5.80. The molecule has 0 aliphatic rings. The van der Waals surface area contributed by atoms with E-state index in [9.17, 15) is 0 Å². The molecular formula is C14H17N5O. The number of imidazole rings is 1. The van der Waals surface area contributed by atoms with Crippen molar-refractivity contribution in [1.82, 2.24) is 14.4 Å². The van der Waals surface area contributed by atoms with E-state index in [0.29, 0.717) is 11.6 Å². The highest BCUT2D eigenvalue weighted by molar-refractivity contribution is 5.65. The van der Waals surface area contributed by atoms with E-state index in [1.807, 2.05) is 22.7 Å². The van der Waals surface area contributed by atoms with Gasteiger partial charge in [0.1, 0.15) is 11.6 Å². The Labute approximate surface area is 116 Å². The van der Waals surface area contributed by atoms with E-state index in [4.69, 9.17) is 10.2 Å². The largest absolute Gasteiger partial charge is 0.469 e. The minimum atomic E-state index is 0.245. The third-order valence-electron chi connectivity index (χ3n) is 3.18. The molecular weight excluding hydrogens is 254 g/mol. The van der Waals surface area contributed by atoms with Gasteiger partial charge in [-0.05, 0) is 25.5 Å². The van der Waals surface area contributed by atoms with Crippen LogP contribution in [0.3, 0.4) is 0 Å². The fourth-order valence-electron chi connectivity index (χ4n) is 2.17. The van der Waals surface area contributed by atoms with Gasteiger partial charge in [0.25, 0.3) is 0 Å². The van der Waals surface area contributed by atoms with Crippen LogP contribution in [0, 0.1) is 0 Å². The van der Waals surface area contributed by atoms with Gasteiger partial charge in [0, 0.05) is 24.9 Å². The molecule has 104 valence electrons. The molecule has 3 aromatic rings. The molecule has 6 nitrogen and oxygen atoms in total. The molecule has 0 aliphatic carbocycles. The molecule has 0 aromatic carbocycles. The second kappa shape index (κ2) is 5.24. The molecule has 0 saturated heterocycles. The number of nitrogen functional groups attached to an aromatic ring is 1. The van der Waals surface area contributed by atoms with Crippen LogP contribution < -0.4 is 11.1 Å². The number of rotatable bonds is 5. The minimum Gasteiger partial charge on any atom is -0.469 e. The number of fused-ring (bicyclic) bond motifs is 1. The smallest absolute Gasteiger partial charge is 0.180 e. The van der Waals surface area contributed by atoms with Crippen molar-refractivity contribution in [2.75, 3.05) is 11.1 Å². The molecule has 1 unspecified atom stereocenters. The van der Waals surface area contributed by atoms with Crippen LogP contribution in [-0.2, 0) is 6.42 Å². The average molecular weight is 271 g/mol. The van der Waals surface area contributed by atoms with Gasteiger partial charge in [-0.2, -0.15) is 0 Å². The summed E-state index contributed by atoms with van der Waals surface area (Å²) in [6.07, 6.45) is 8.86. The van der Waals surface area contributed by atoms with E-state index >= 15 is 0 Å². The monoisotopic (exact) mass is 271 g/mol. The van der Waals surface area contributed by atoms with Crippen molar-refractivity contribution in [2.24, 2.45) is 0 Å². The van der Waals surface area contributed by atoms with E-state index in [-0.39, 0.29) is 6.04 Å². The minimum absolute atomic E-state index is 0.245. The van der Waals surface area contributed by atoms with Crippen molar-refractivity contribution in [3.63, 3.8) is 0 Å². The molecule has 0 aliphatic heterocycles. The fourth-order valence-corrected chi connectivity index (χ4v) is 2.17. The Morgan fingerprint density at radius 2 is 2.40 bits per heavy atom. The summed E-state index contributed by atoms with van der Waals surface area (Å²) in [6, 6.07) is 4.13. The van der Waals surface area contributed by atoms with Crippen LogP contribution in [0.2, 0.25) is 0 Å². The lowest BCUT2D eigenvalue weighted by atomic mass is 10.1. The summed E-state index contributed by atoms with van der Waals surface area (Å²) in [7, 11) is 0. The first-order valence-electron chi connectivity index (χ1n) is 6.60. The summed E-state index contributed by atoms with van der Waals surface area (Å²) in [5.74, 6) is 2.17. The number of aromatic nitrogens is 3. The molecule has 3 rings (SSSR count). The predicted octanol–water partition coefficient (Wildman–Crippen LogP) is 2.34. The van der Waals surface area contributed by atoms with E-state index in [0.717, 1.165) is 24.2 Å². The third kappa shape index (κ3) is 2.59. The number of furan rings is 1. The zero-order chi connectivity index (χ0) is 13.9. The highest BCUT2D eigenvalue weighted by Crippen LogP contribution is 2.17. The molecule has 3 heterocycles. The number of hydrogen-bond acceptors (Lipinski definition) is 5. The van der Waals surface area contributed by atoms with E-state index in [1.165, 1.54) is 0 Å². The van der Waals surface area contributed by atoms with Crippen molar-refractivity contribution in [1.29, 1.82) is 0 Å². The van der Waals surface area contributed by atoms with Gasteiger partial charge >= 0.3 is 0 Å². The molecule has 3 aromatic heterocycles. The molecule has 1 atom stereocenters. The second-order valence-corrected chi connectivity index (χ2v) is 4.84. The number of hydrogen-bond donors (Lipinski definition) is 2. The average Bonchev–Trinajstić information content (AvgIpc) is 3.06. The lowest BCUT2D eigenvalue weighted by molar-refractivity contribution is 0.495. The van der Waals surface area contributed by atoms with Gasteiger partial charge in [0.05, 0.1) is 12.5 Å². The van der Waals surface area contributed by atoms with Crippen molar-refractivity contribution in [2.45, 2.75) is 25.8 Å². The van der Waals surface area contributed by atoms with E-state index in [1.54, 1.807) is 18.7 Å². The quantitative estimate of drug-likeness (QED) is 0.744. The summed E-state index contributed by atoms with van der Waals surface area (Å²) in [5, 5.41) is 3.36. The van der Waals surface area contributed by atoms with Gasteiger partial charge in [-0.1, -0.05) is 0 Å². The highest BCUT2D eigenvalue weighted by Gasteiger charge is 2.10. The predicted molar refractivity (Wildman–Crippen MR) is 77.5 cm³/mol. The number of nitrogens with two attached hydrogens (primary N) is 1. The maximum Gasteiger partial charge on any atom is 0.180 e. The first-order valence-corrected chi connectivity index (χ1v) is 6.60. The molecule has 0 amide bonds. The molecule has 0 spiro atoms. The first-order chi connectivity index (χ1) is 9.72. The van der Waals surface area contributed by atoms with Crippen LogP contribution in [-0.4, -0.2) is 20.4 Å². The zero-order valence-electron chi connectivity index (χ0n) is 11.3. The van der Waals surface area contributed by atoms with Gasteiger partial charge in [-0.25, -0.2) is 9.97 Å². The lowest BCUT2D eigenvalue weighted by Crippen LogP contribution is -2.18. The Hall–Kier alpha value is -2.50. The third-order valence-corrected chi connectivity index (χ3v) is 3.18. The lowest BCUT2D eigenvalue weighted by Gasteiger charge is -2.14. The number of nitrogens with zero attached hydrogens (tertiary/aromatic N) is 3. The molecule has 0 fully saturated rings. The van der Waals surface area contributed by atoms with Gasteiger partial charge in [-0.15, -0.1) is 0 Å². The molecule has 6 heteroatoms. The molecule has 0 radical (unpaired) electrons. The molecule has 20 heavy (non-hydrogen) atoms. The van der Waals surface area contributed by atoms with Crippen LogP contribution in [0.15, 0.2) is 41.4 Å².